The average molecular weight is 1080 g/mol. The second-order valence-corrected chi connectivity index (χ2v) is 23.1. The van der Waals surface area contributed by atoms with Crippen molar-refractivity contribution in [3.8, 4) is 0 Å². The van der Waals surface area contributed by atoms with Crippen LogP contribution in [0.2, 0.25) is 0 Å². The average Bonchev–Trinajstić information content (AvgIpc) is 3.43. The number of esters is 3. The van der Waals surface area contributed by atoms with Crippen LogP contribution in [0.5, 0.6) is 0 Å². The van der Waals surface area contributed by atoms with Gasteiger partial charge in [-0.15, -0.1) is 0 Å². The molecule has 0 saturated heterocycles. The lowest BCUT2D eigenvalue weighted by Gasteiger charge is -2.18. The molecule has 0 saturated carbocycles. The molecule has 77 heavy (non-hydrogen) atoms. The molecule has 0 spiro atoms. The Kier molecular flexibility index (Phi) is 63.6. The normalized spacial score (nSPS) is 12.3. The molecule has 0 aliphatic rings. The van der Waals surface area contributed by atoms with Crippen molar-refractivity contribution in [2.24, 2.45) is 0 Å². The summed E-state index contributed by atoms with van der Waals surface area (Å²) >= 11 is 0. The van der Waals surface area contributed by atoms with Crippen molar-refractivity contribution in [1.29, 1.82) is 0 Å². The molecule has 0 aromatic carbocycles. The predicted molar refractivity (Wildman–Crippen MR) is 335 cm³/mol. The number of ether oxygens (including phenoxy) is 3. The molecule has 0 heterocycles. The maximum Gasteiger partial charge on any atom is 0.306 e. The second-order valence-electron chi connectivity index (χ2n) is 23.1. The summed E-state index contributed by atoms with van der Waals surface area (Å²) in [5.74, 6) is -0.862. The van der Waals surface area contributed by atoms with Gasteiger partial charge >= 0.3 is 17.9 Å². The lowest BCUT2D eigenvalue weighted by Crippen LogP contribution is -2.30. The summed E-state index contributed by atoms with van der Waals surface area (Å²) in [7, 11) is 0. The van der Waals surface area contributed by atoms with Crippen LogP contribution in [0.3, 0.4) is 0 Å². The van der Waals surface area contributed by atoms with Gasteiger partial charge in [-0.3, -0.25) is 14.4 Å². The number of carbonyl (C=O) groups is 3. The van der Waals surface area contributed by atoms with E-state index in [-0.39, 0.29) is 31.1 Å². The van der Waals surface area contributed by atoms with Crippen LogP contribution in [-0.4, -0.2) is 37.2 Å². The highest BCUT2D eigenvalue weighted by Crippen LogP contribution is 2.17. The molecule has 0 aromatic heterocycles. The van der Waals surface area contributed by atoms with Crippen molar-refractivity contribution in [2.45, 2.75) is 374 Å². The quantitative estimate of drug-likeness (QED) is 0.0261. The molecule has 0 radical (unpaired) electrons. The van der Waals surface area contributed by atoms with Crippen molar-refractivity contribution in [1.82, 2.24) is 0 Å². The van der Waals surface area contributed by atoms with Crippen LogP contribution in [0.25, 0.3) is 0 Å². The maximum atomic E-state index is 12.9. The van der Waals surface area contributed by atoms with E-state index >= 15 is 0 Å². The summed E-state index contributed by atoms with van der Waals surface area (Å²) in [4.78, 5) is 38.4. The summed E-state index contributed by atoms with van der Waals surface area (Å²) in [5.41, 5.74) is 0. The molecule has 0 aliphatic heterocycles. The third kappa shape index (κ3) is 64.1. The van der Waals surface area contributed by atoms with Gasteiger partial charge in [-0.05, 0) is 103 Å². The molecule has 6 heteroatoms. The Morgan fingerprint density at radius 1 is 0.260 bits per heavy atom. The smallest absolute Gasteiger partial charge is 0.306 e. The van der Waals surface area contributed by atoms with Gasteiger partial charge in [0.05, 0.1) is 0 Å². The van der Waals surface area contributed by atoms with Gasteiger partial charge in [0.25, 0.3) is 0 Å². The third-order valence-corrected chi connectivity index (χ3v) is 15.3. The van der Waals surface area contributed by atoms with Gasteiger partial charge < -0.3 is 14.2 Å². The molecule has 0 rings (SSSR count). The van der Waals surface area contributed by atoms with Crippen LogP contribution in [0, 0.1) is 0 Å². The molecule has 0 N–H and O–H groups in total. The molecule has 0 aromatic rings. The number of hydrogen-bond donors (Lipinski definition) is 0. The first-order valence-corrected chi connectivity index (χ1v) is 34.1. The van der Waals surface area contributed by atoms with E-state index in [1.54, 1.807) is 0 Å². The highest BCUT2D eigenvalue weighted by molar-refractivity contribution is 5.71. The van der Waals surface area contributed by atoms with Crippen molar-refractivity contribution in [3.63, 3.8) is 0 Å². The van der Waals surface area contributed by atoms with Crippen LogP contribution in [0.1, 0.15) is 367 Å². The summed E-state index contributed by atoms with van der Waals surface area (Å²) in [6, 6.07) is 0. The van der Waals surface area contributed by atoms with E-state index in [0.29, 0.717) is 19.3 Å². The Labute approximate surface area is 479 Å². The Hall–Kier alpha value is -2.63. The molecule has 450 valence electrons. The topological polar surface area (TPSA) is 78.9 Å². The van der Waals surface area contributed by atoms with Crippen molar-refractivity contribution in [2.75, 3.05) is 13.2 Å². The van der Waals surface area contributed by atoms with E-state index in [1.807, 2.05) is 0 Å². The van der Waals surface area contributed by atoms with Crippen LogP contribution < -0.4 is 0 Å². The zero-order chi connectivity index (χ0) is 55.7. The fraction of sp³-hybridized carbons (Fsp3) is 0.845. The first-order chi connectivity index (χ1) is 38.0. The number of rotatable bonds is 63. The third-order valence-electron chi connectivity index (χ3n) is 15.3. The lowest BCUT2D eigenvalue weighted by molar-refractivity contribution is -0.167. The van der Waals surface area contributed by atoms with Crippen LogP contribution >= 0.6 is 0 Å². The highest BCUT2D eigenvalue weighted by Gasteiger charge is 2.19. The van der Waals surface area contributed by atoms with Crippen molar-refractivity contribution >= 4 is 17.9 Å². The zero-order valence-corrected chi connectivity index (χ0v) is 51.7. The van der Waals surface area contributed by atoms with Crippen molar-refractivity contribution in [3.05, 3.63) is 48.6 Å². The van der Waals surface area contributed by atoms with Gasteiger partial charge in [0, 0.05) is 19.3 Å². The summed E-state index contributed by atoms with van der Waals surface area (Å²) in [6.45, 7) is 6.68. The fourth-order valence-corrected chi connectivity index (χ4v) is 10.1. The number of hydrogen-bond acceptors (Lipinski definition) is 6. The van der Waals surface area contributed by atoms with Gasteiger partial charge in [-0.25, -0.2) is 0 Å². The molecular weight excluding hydrogens is 949 g/mol. The number of carbonyl (C=O) groups excluding carboxylic acids is 3. The Bertz CT molecular complexity index is 1330. The minimum Gasteiger partial charge on any atom is -0.462 e. The molecule has 6 nitrogen and oxygen atoms in total. The monoisotopic (exact) mass is 1080 g/mol. The fourth-order valence-electron chi connectivity index (χ4n) is 10.1. The van der Waals surface area contributed by atoms with Gasteiger partial charge in [0.2, 0.25) is 0 Å². The van der Waals surface area contributed by atoms with Crippen LogP contribution in [0.4, 0.5) is 0 Å². The zero-order valence-electron chi connectivity index (χ0n) is 51.7. The SMILES string of the molecule is CCCCCCC/C=C\C/C=C\CCCCCCCCCCCCCC(=O)OCC(COC(=O)CCCCCCCCC/C=C\CCCCCCCCC)OC(=O)CCCCCCCCC/C=C\CCCCCCCCC. The van der Waals surface area contributed by atoms with E-state index in [2.05, 4.69) is 69.4 Å². The molecule has 0 bridgehead atoms. The minimum atomic E-state index is -0.779. The second kappa shape index (κ2) is 65.9. The van der Waals surface area contributed by atoms with E-state index in [0.717, 1.165) is 64.2 Å². The minimum absolute atomic E-state index is 0.0746. The molecule has 0 fully saturated rings. The summed E-state index contributed by atoms with van der Waals surface area (Å²) in [6.07, 6.45) is 82.6. The lowest BCUT2D eigenvalue weighted by atomic mass is 10.0. The van der Waals surface area contributed by atoms with Crippen LogP contribution in [-0.2, 0) is 28.6 Å². The van der Waals surface area contributed by atoms with Gasteiger partial charge in [-0.1, -0.05) is 294 Å². The van der Waals surface area contributed by atoms with E-state index in [1.165, 1.54) is 263 Å². The molecule has 0 amide bonds. The van der Waals surface area contributed by atoms with Gasteiger partial charge in [0.1, 0.15) is 13.2 Å². The predicted octanol–water partition coefficient (Wildman–Crippen LogP) is 23.3. The van der Waals surface area contributed by atoms with E-state index < -0.39 is 6.10 Å². The highest BCUT2D eigenvalue weighted by atomic mass is 16.6. The van der Waals surface area contributed by atoms with E-state index in [9.17, 15) is 14.4 Å². The standard InChI is InChI=1S/C71H130O6/c1-4-7-10-13-16-19-22-25-28-31-34-35-36-37-38-41-43-46-49-52-55-58-61-64-70(73)76-67-68(77-71(74)65-62-59-56-53-50-47-44-40-33-30-27-24-21-18-15-12-9-6-3)66-75-69(72)63-60-57-54-51-48-45-42-39-32-29-26-23-20-17-14-11-8-5-2/h22,25,29-34,68H,4-21,23-24,26-28,35-67H2,1-3H3/b25-22-,32-29-,33-30-,34-31-. The van der Waals surface area contributed by atoms with E-state index in [4.69, 9.17) is 14.2 Å². The molecule has 1 unspecified atom stereocenters. The first-order valence-electron chi connectivity index (χ1n) is 34.1. The largest absolute Gasteiger partial charge is 0.462 e. The maximum absolute atomic E-state index is 12.9. The summed E-state index contributed by atoms with van der Waals surface area (Å²) in [5, 5.41) is 0. The van der Waals surface area contributed by atoms with Crippen LogP contribution in [0.15, 0.2) is 48.6 Å². The number of allylic oxidation sites excluding steroid dienone is 8. The first kappa shape index (κ1) is 74.4. The number of unbranched alkanes of at least 4 members (excludes halogenated alkanes) is 44. The Morgan fingerprint density at radius 3 is 0.727 bits per heavy atom. The summed E-state index contributed by atoms with van der Waals surface area (Å²) < 4.78 is 17.0. The molecular formula is C71H130O6. The van der Waals surface area contributed by atoms with Gasteiger partial charge in [0.15, 0.2) is 6.10 Å². The van der Waals surface area contributed by atoms with Gasteiger partial charge in [-0.2, -0.15) is 0 Å². The molecule has 1 atom stereocenters. The Morgan fingerprint density at radius 2 is 0.468 bits per heavy atom. The molecule has 0 aliphatic carbocycles. The van der Waals surface area contributed by atoms with Crippen molar-refractivity contribution < 1.29 is 28.6 Å². The Balaban J connectivity index is 4.34.